The van der Waals surface area contributed by atoms with Crippen LogP contribution in [0.1, 0.15) is 0 Å². The number of aromatic nitrogens is 2. The highest BCUT2D eigenvalue weighted by Gasteiger charge is 2.02. The first-order valence-electron chi connectivity index (χ1n) is 4.84. The van der Waals surface area contributed by atoms with Gasteiger partial charge in [0.2, 0.25) is 0 Å². The molecule has 0 unspecified atom stereocenters. The summed E-state index contributed by atoms with van der Waals surface area (Å²) in [6.45, 7) is 0. The normalized spacial score (nSPS) is 12.6. The highest BCUT2D eigenvalue weighted by Crippen LogP contribution is 2.11. The van der Waals surface area contributed by atoms with E-state index in [-0.39, 0.29) is 5.43 Å². The first kappa shape index (κ1) is 8.91. The van der Waals surface area contributed by atoms with E-state index in [2.05, 4.69) is 4.98 Å². The van der Waals surface area contributed by atoms with Gasteiger partial charge in [0.05, 0.1) is 11.7 Å². The Morgan fingerprint density at radius 2 is 2.06 bits per heavy atom. The zero-order valence-corrected chi connectivity index (χ0v) is 8.29. The summed E-state index contributed by atoms with van der Waals surface area (Å²) in [5.74, 6) is 0. The lowest BCUT2D eigenvalue weighted by molar-refractivity contribution is 0.538. The molecule has 0 spiro atoms. The molecule has 3 aromatic rings. The van der Waals surface area contributed by atoms with Crippen LogP contribution < -0.4 is 10.8 Å². The van der Waals surface area contributed by atoms with Gasteiger partial charge < -0.3 is 5.11 Å². The van der Waals surface area contributed by atoms with Gasteiger partial charge in [-0.15, -0.1) is 0 Å². The van der Waals surface area contributed by atoms with E-state index in [1.165, 1.54) is 12.1 Å². The Kier molecular flexibility index (Phi) is 1.71. The van der Waals surface area contributed by atoms with Gasteiger partial charge in [0.25, 0.3) is 0 Å². The summed E-state index contributed by atoms with van der Waals surface area (Å²) in [6.07, 6.45) is 2.54. The Hall–Kier alpha value is -2.36. The van der Waals surface area contributed by atoms with Crippen molar-refractivity contribution >= 4 is 22.8 Å². The molecule has 78 valence electrons. The third-order valence-corrected chi connectivity index (χ3v) is 2.60. The Bertz CT molecular complexity index is 790. The van der Waals surface area contributed by atoms with Crippen molar-refractivity contribution in [1.82, 2.24) is 9.38 Å². The van der Waals surface area contributed by atoms with Crippen LogP contribution in [0.5, 0.6) is 0 Å². The summed E-state index contributed by atoms with van der Waals surface area (Å²) in [6, 6.07) is 8.57. The third-order valence-electron chi connectivity index (χ3n) is 2.60. The predicted octanol–water partition coefficient (Wildman–Crippen LogP) is 0.863. The molecule has 16 heavy (non-hydrogen) atoms. The second-order valence-electron chi connectivity index (χ2n) is 3.56. The minimum atomic E-state index is -0.0578. The fraction of sp³-hybridized carbons (Fsp3) is 0. The number of imidazole rings is 1. The maximum atomic E-state index is 11.3. The monoisotopic (exact) mass is 212 g/mol. The fourth-order valence-electron chi connectivity index (χ4n) is 1.87. The van der Waals surface area contributed by atoms with Gasteiger partial charge in [0.15, 0.2) is 5.43 Å². The van der Waals surface area contributed by atoms with Crippen molar-refractivity contribution in [2.45, 2.75) is 0 Å². The lowest BCUT2D eigenvalue weighted by Crippen LogP contribution is -2.10. The van der Waals surface area contributed by atoms with E-state index < -0.39 is 0 Å². The molecule has 0 saturated carbocycles. The first-order valence-corrected chi connectivity index (χ1v) is 4.84. The summed E-state index contributed by atoms with van der Waals surface area (Å²) in [5, 5.41) is 10.6. The number of aliphatic hydroxyl groups is 1. The van der Waals surface area contributed by atoms with E-state index in [0.717, 1.165) is 17.2 Å². The van der Waals surface area contributed by atoms with Crippen molar-refractivity contribution in [2.24, 2.45) is 0 Å². The van der Waals surface area contributed by atoms with Crippen molar-refractivity contribution in [3.05, 3.63) is 52.1 Å². The number of hydrogen-bond acceptors (Lipinski definition) is 3. The molecule has 4 nitrogen and oxygen atoms in total. The summed E-state index contributed by atoms with van der Waals surface area (Å²) < 4.78 is 1.75. The summed E-state index contributed by atoms with van der Waals surface area (Å²) in [4.78, 5) is 15.5. The number of rotatable bonds is 0. The molecule has 4 heteroatoms. The van der Waals surface area contributed by atoms with Crippen LogP contribution in [0.15, 0.2) is 41.3 Å². The molecule has 0 radical (unpaired) electrons. The van der Waals surface area contributed by atoms with E-state index in [4.69, 9.17) is 5.11 Å². The molecule has 0 aliphatic heterocycles. The Morgan fingerprint density at radius 1 is 1.25 bits per heavy atom. The maximum absolute atomic E-state index is 11.3. The number of benzene rings is 1. The number of hydrogen-bond donors (Lipinski definition) is 1. The molecule has 0 amide bonds. The van der Waals surface area contributed by atoms with Gasteiger partial charge in [-0.1, -0.05) is 0 Å². The second-order valence-corrected chi connectivity index (χ2v) is 3.56. The molecule has 0 saturated heterocycles. The van der Waals surface area contributed by atoms with Crippen LogP contribution in [0, 0.1) is 0 Å². The van der Waals surface area contributed by atoms with E-state index in [1.807, 2.05) is 12.1 Å². The van der Waals surface area contributed by atoms with E-state index >= 15 is 0 Å². The van der Waals surface area contributed by atoms with Crippen molar-refractivity contribution in [3.63, 3.8) is 0 Å². The van der Waals surface area contributed by atoms with Gasteiger partial charge in [-0.3, -0.25) is 9.20 Å². The Balaban J connectivity index is 2.71. The zero-order valence-electron chi connectivity index (χ0n) is 8.29. The van der Waals surface area contributed by atoms with Gasteiger partial charge >= 0.3 is 0 Å². The summed E-state index contributed by atoms with van der Waals surface area (Å²) >= 11 is 0. The smallest absolute Gasteiger partial charge is 0.180 e. The van der Waals surface area contributed by atoms with Crippen LogP contribution in [0.4, 0.5) is 0 Å². The molecule has 3 rings (SSSR count). The molecule has 0 aliphatic carbocycles. The van der Waals surface area contributed by atoms with Crippen LogP contribution in [0.2, 0.25) is 0 Å². The lowest BCUT2D eigenvalue weighted by atomic mass is 10.2. The second kappa shape index (κ2) is 3.06. The molecule has 0 fully saturated rings. The molecule has 0 atom stereocenters. The van der Waals surface area contributed by atoms with Crippen LogP contribution in [0.3, 0.4) is 0 Å². The largest absolute Gasteiger partial charge is 0.513 e. The Morgan fingerprint density at radius 3 is 2.88 bits per heavy atom. The van der Waals surface area contributed by atoms with Crippen molar-refractivity contribution < 1.29 is 5.11 Å². The molecule has 2 heterocycles. The number of pyridine rings is 1. The SMILES string of the molecule is O=c1ccc2ccc3nc/c(=C/O)n3c2c1. The van der Waals surface area contributed by atoms with Gasteiger partial charge in [-0.2, -0.15) is 0 Å². The minimum Gasteiger partial charge on any atom is -0.513 e. The van der Waals surface area contributed by atoms with E-state index in [0.29, 0.717) is 11.0 Å². The molecular weight excluding hydrogens is 204 g/mol. The highest BCUT2D eigenvalue weighted by atomic mass is 16.2. The van der Waals surface area contributed by atoms with Crippen molar-refractivity contribution in [3.8, 4) is 0 Å². The van der Waals surface area contributed by atoms with Gasteiger partial charge in [-0.05, 0) is 29.7 Å². The number of nitrogens with zero attached hydrogens (tertiary/aromatic N) is 2. The number of fused-ring (bicyclic) bond motifs is 3. The molecule has 0 bridgehead atoms. The molecular formula is C12H8N2O2. The predicted molar refractivity (Wildman–Crippen MR) is 61.3 cm³/mol. The summed E-state index contributed by atoms with van der Waals surface area (Å²) in [5.41, 5.74) is 1.40. The molecule has 1 N–H and O–H groups in total. The summed E-state index contributed by atoms with van der Waals surface area (Å²) in [7, 11) is 0. The molecule has 1 aromatic carbocycles. The van der Waals surface area contributed by atoms with Crippen LogP contribution in [-0.4, -0.2) is 14.5 Å². The molecule has 0 aliphatic rings. The Labute approximate surface area is 90.1 Å². The van der Waals surface area contributed by atoms with Gasteiger partial charge in [0, 0.05) is 6.07 Å². The highest BCUT2D eigenvalue weighted by molar-refractivity contribution is 5.81. The molecule has 2 aromatic heterocycles. The van der Waals surface area contributed by atoms with Crippen LogP contribution in [-0.2, 0) is 0 Å². The van der Waals surface area contributed by atoms with Crippen LogP contribution >= 0.6 is 0 Å². The maximum Gasteiger partial charge on any atom is 0.180 e. The standard InChI is InChI=1S/C12H8N2O2/c15-7-9-6-13-12-4-2-8-1-3-10(16)5-11(8)14(9)12/h1-7,15H/b9-7-. The lowest BCUT2D eigenvalue weighted by Gasteiger charge is -2.00. The van der Waals surface area contributed by atoms with Gasteiger partial charge in [0.1, 0.15) is 17.3 Å². The minimum absolute atomic E-state index is 0.0578. The van der Waals surface area contributed by atoms with Crippen molar-refractivity contribution in [1.29, 1.82) is 0 Å². The van der Waals surface area contributed by atoms with Crippen molar-refractivity contribution in [2.75, 3.05) is 0 Å². The third kappa shape index (κ3) is 1.10. The average Bonchev–Trinajstić information content (AvgIpc) is 2.72. The first-order chi connectivity index (χ1) is 7.79. The number of aliphatic hydroxyl groups excluding tert-OH is 1. The zero-order chi connectivity index (χ0) is 11.1. The van der Waals surface area contributed by atoms with Crippen LogP contribution in [0.25, 0.3) is 22.8 Å². The quantitative estimate of drug-likeness (QED) is 0.601. The fourth-order valence-corrected chi connectivity index (χ4v) is 1.87. The van der Waals surface area contributed by atoms with E-state index in [9.17, 15) is 4.79 Å². The van der Waals surface area contributed by atoms with E-state index in [1.54, 1.807) is 16.7 Å². The average molecular weight is 212 g/mol. The topological polar surface area (TPSA) is 54.6 Å². The van der Waals surface area contributed by atoms with Gasteiger partial charge in [-0.25, -0.2) is 4.98 Å².